The Kier molecular flexibility index (Phi) is 6.79. The molecule has 1 amide bonds. The van der Waals surface area contributed by atoms with Gasteiger partial charge >= 0.3 is 0 Å². The molecule has 0 spiro atoms. The summed E-state index contributed by atoms with van der Waals surface area (Å²) < 4.78 is 16.3. The number of piperidine rings is 1. The molecule has 1 unspecified atom stereocenters. The minimum Gasteiger partial charge on any atom is -0.459 e. The van der Waals surface area contributed by atoms with E-state index in [9.17, 15) is 4.79 Å². The van der Waals surface area contributed by atoms with Crippen LogP contribution in [0.5, 0.6) is 11.5 Å². The average Bonchev–Trinajstić information content (AvgIpc) is 3.55. The lowest BCUT2D eigenvalue weighted by molar-refractivity contribution is 0.0556. The second-order valence-electron chi connectivity index (χ2n) is 9.06. The van der Waals surface area contributed by atoms with Gasteiger partial charge in [0.2, 0.25) is 6.79 Å². The molecule has 2 aromatic carbocycles. The third kappa shape index (κ3) is 4.93. The van der Waals surface area contributed by atoms with E-state index in [1.165, 1.54) is 5.56 Å². The van der Waals surface area contributed by atoms with Crippen molar-refractivity contribution in [1.82, 2.24) is 9.80 Å². The highest BCUT2D eigenvalue weighted by Gasteiger charge is 2.33. The largest absolute Gasteiger partial charge is 0.459 e. The van der Waals surface area contributed by atoms with Crippen molar-refractivity contribution in [1.29, 1.82) is 0 Å². The van der Waals surface area contributed by atoms with Crippen LogP contribution in [0.4, 0.5) is 0 Å². The second-order valence-corrected chi connectivity index (χ2v) is 9.46. The summed E-state index contributed by atoms with van der Waals surface area (Å²) in [5.41, 5.74) is 2.29. The van der Waals surface area contributed by atoms with E-state index in [2.05, 4.69) is 23.1 Å². The Bertz CT molecular complexity index is 1130. The summed E-state index contributed by atoms with van der Waals surface area (Å²) >= 11 is 6.50. The van der Waals surface area contributed by atoms with Crippen molar-refractivity contribution in [2.45, 2.75) is 31.8 Å². The van der Waals surface area contributed by atoms with Crippen LogP contribution in [0.3, 0.4) is 0 Å². The van der Waals surface area contributed by atoms with Crippen LogP contribution in [-0.2, 0) is 13.0 Å². The zero-order valence-corrected chi connectivity index (χ0v) is 20.0. The van der Waals surface area contributed by atoms with Gasteiger partial charge in [-0.2, -0.15) is 0 Å². The highest BCUT2D eigenvalue weighted by atomic mass is 35.5. The van der Waals surface area contributed by atoms with Crippen molar-refractivity contribution in [3.8, 4) is 11.5 Å². The monoisotopic (exact) mass is 480 g/mol. The normalized spacial score (nSPS) is 17.0. The van der Waals surface area contributed by atoms with E-state index in [0.29, 0.717) is 18.5 Å². The van der Waals surface area contributed by atoms with E-state index in [4.69, 9.17) is 25.5 Å². The fourth-order valence-electron chi connectivity index (χ4n) is 5.03. The number of rotatable bonds is 7. The van der Waals surface area contributed by atoms with Crippen LogP contribution in [0.2, 0.25) is 5.02 Å². The van der Waals surface area contributed by atoms with Gasteiger partial charge in [-0.1, -0.05) is 35.9 Å². The molecule has 6 nitrogen and oxygen atoms in total. The van der Waals surface area contributed by atoms with Gasteiger partial charge in [0.05, 0.1) is 6.26 Å². The maximum absolute atomic E-state index is 13.1. The molecule has 0 bridgehead atoms. The van der Waals surface area contributed by atoms with Crippen molar-refractivity contribution in [2.75, 3.05) is 26.9 Å². The summed E-state index contributed by atoms with van der Waals surface area (Å²) in [6.45, 7) is 3.11. The second kappa shape index (κ2) is 10.1. The molecule has 3 aromatic rings. The Morgan fingerprint density at radius 3 is 2.65 bits per heavy atom. The van der Waals surface area contributed by atoms with E-state index >= 15 is 0 Å². The van der Waals surface area contributed by atoms with Gasteiger partial charge in [0.25, 0.3) is 5.91 Å². The number of carbonyl (C=O) groups is 1. The van der Waals surface area contributed by atoms with Gasteiger partial charge in [-0.3, -0.25) is 9.69 Å². The summed E-state index contributed by atoms with van der Waals surface area (Å²) in [6, 6.07) is 17.6. The predicted molar refractivity (Wildman–Crippen MR) is 130 cm³/mol. The Morgan fingerprint density at radius 1 is 1.09 bits per heavy atom. The van der Waals surface area contributed by atoms with Crippen molar-refractivity contribution >= 4 is 17.5 Å². The van der Waals surface area contributed by atoms with Crippen LogP contribution in [0.15, 0.2) is 65.3 Å². The summed E-state index contributed by atoms with van der Waals surface area (Å²) in [7, 11) is 1.88. The number of carbonyl (C=O) groups excluding carboxylic acids is 1. The summed E-state index contributed by atoms with van der Waals surface area (Å²) in [4.78, 5) is 17.4. The summed E-state index contributed by atoms with van der Waals surface area (Å²) in [6.07, 6.45) is 4.28. The first-order chi connectivity index (χ1) is 16.6. The van der Waals surface area contributed by atoms with Crippen LogP contribution in [0, 0.1) is 5.92 Å². The molecule has 34 heavy (non-hydrogen) atoms. The topological polar surface area (TPSA) is 55.2 Å². The Morgan fingerprint density at radius 2 is 1.88 bits per heavy atom. The number of furan rings is 1. The Balaban J connectivity index is 1.27. The Hall–Kier alpha value is -2.96. The van der Waals surface area contributed by atoms with Crippen LogP contribution in [-0.4, -0.2) is 48.7 Å². The lowest BCUT2D eigenvalue weighted by Crippen LogP contribution is -2.47. The molecule has 2 aliphatic rings. The zero-order chi connectivity index (χ0) is 23.5. The number of hydrogen-bond donors (Lipinski definition) is 0. The first-order valence-electron chi connectivity index (χ1n) is 11.7. The number of hydrogen-bond acceptors (Lipinski definition) is 5. The standard InChI is InChI=1S/C27H29ClN2O4/c1-29(27(31)25-7-4-14-32-25)23(16-21-5-2-3-6-22(21)28)20-10-12-30(13-11-20)17-19-8-9-24-26(15-19)34-18-33-24/h2-9,14-15,20,23H,10-13,16-18H2,1H3. The number of fused-ring (bicyclic) bond motifs is 1. The van der Waals surface area contributed by atoms with Crippen LogP contribution < -0.4 is 9.47 Å². The van der Waals surface area contributed by atoms with Crippen molar-refractivity contribution < 1.29 is 18.7 Å². The van der Waals surface area contributed by atoms with Crippen molar-refractivity contribution in [3.05, 3.63) is 82.8 Å². The lowest BCUT2D eigenvalue weighted by Gasteiger charge is -2.40. The van der Waals surface area contributed by atoms with Crippen LogP contribution in [0.25, 0.3) is 0 Å². The van der Waals surface area contributed by atoms with Gasteiger partial charge in [-0.05, 0) is 79.7 Å². The first-order valence-corrected chi connectivity index (χ1v) is 12.1. The number of benzene rings is 2. The minimum absolute atomic E-state index is 0.0326. The molecule has 2 aliphatic heterocycles. The zero-order valence-electron chi connectivity index (χ0n) is 19.3. The molecule has 1 atom stereocenters. The number of halogens is 1. The SMILES string of the molecule is CN(C(=O)c1ccco1)C(Cc1ccccc1Cl)C1CCN(Cc2ccc3c(c2)OCO3)CC1. The molecule has 178 valence electrons. The molecular weight excluding hydrogens is 452 g/mol. The molecule has 1 fully saturated rings. The molecule has 0 aliphatic carbocycles. The van der Waals surface area contributed by atoms with Gasteiger partial charge in [0.1, 0.15) is 0 Å². The smallest absolute Gasteiger partial charge is 0.289 e. The molecular formula is C27H29ClN2O4. The van der Waals surface area contributed by atoms with E-state index in [1.54, 1.807) is 18.4 Å². The van der Waals surface area contributed by atoms with Gasteiger partial charge in [-0.15, -0.1) is 0 Å². The number of likely N-dealkylation sites (tertiary alicyclic amines) is 1. The van der Waals surface area contributed by atoms with E-state index < -0.39 is 0 Å². The molecule has 1 saturated heterocycles. The van der Waals surface area contributed by atoms with Gasteiger partial charge in [0, 0.05) is 24.7 Å². The van der Waals surface area contributed by atoms with E-state index in [0.717, 1.165) is 61.0 Å². The van der Waals surface area contributed by atoms with Crippen molar-refractivity contribution in [3.63, 3.8) is 0 Å². The van der Waals surface area contributed by atoms with Crippen LogP contribution >= 0.6 is 11.6 Å². The fourth-order valence-corrected chi connectivity index (χ4v) is 5.24. The fraction of sp³-hybridized carbons (Fsp3) is 0.370. The Labute approximate surface area is 205 Å². The molecule has 3 heterocycles. The predicted octanol–water partition coefficient (Wildman–Crippen LogP) is 5.26. The average molecular weight is 481 g/mol. The molecule has 1 aromatic heterocycles. The number of ether oxygens (including phenoxy) is 2. The highest BCUT2D eigenvalue weighted by Crippen LogP contribution is 2.34. The number of likely N-dealkylation sites (N-methyl/N-ethyl adjacent to an activating group) is 1. The molecule has 0 N–H and O–H groups in total. The van der Waals surface area contributed by atoms with E-state index in [-0.39, 0.29) is 11.9 Å². The van der Waals surface area contributed by atoms with Gasteiger partial charge in [0.15, 0.2) is 17.3 Å². The summed E-state index contributed by atoms with van der Waals surface area (Å²) in [5.74, 6) is 2.28. The molecule has 7 heteroatoms. The minimum atomic E-state index is -0.0927. The number of nitrogens with zero attached hydrogens (tertiary/aromatic N) is 2. The lowest BCUT2D eigenvalue weighted by atomic mass is 9.84. The van der Waals surface area contributed by atoms with Crippen LogP contribution in [0.1, 0.15) is 34.5 Å². The van der Waals surface area contributed by atoms with Gasteiger partial charge < -0.3 is 18.8 Å². The molecule has 5 rings (SSSR count). The summed E-state index contributed by atoms with van der Waals surface area (Å²) in [5, 5.41) is 0.742. The quantitative estimate of drug-likeness (QED) is 0.462. The first kappa shape index (κ1) is 22.8. The van der Waals surface area contributed by atoms with E-state index in [1.807, 2.05) is 36.2 Å². The van der Waals surface area contributed by atoms with Gasteiger partial charge in [-0.25, -0.2) is 0 Å². The number of amides is 1. The molecule has 0 saturated carbocycles. The maximum atomic E-state index is 13.1. The highest BCUT2D eigenvalue weighted by molar-refractivity contribution is 6.31. The third-order valence-corrected chi connectivity index (χ3v) is 7.32. The molecule has 0 radical (unpaired) electrons. The third-order valence-electron chi connectivity index (χ3n) is 6.96. The maximum Gasteiger partial charge on any atom is 0.289 e. The van der Waals surface area contributed by atoms with Crippen molar-refractivity contribution in [2.24, 2.45) is 5.92 Å².